The molecule has 8 heteroatoms. The largest absolute Gasteiger partial charge is 0.334 e. The summed E-state index contributed by atoms with van der Waals surface area (Å²) in [7, 11) is 0. The van der Waals surface area contributed by atoms with Crippen LogP contribution in [-0.2, 0) is 29.2 Å². The van der Waals surface area contributed by atoms with Crippen LogP contribution >= 0.6 is 0 Å². The van der Waals surface area contributed by atoms with Gasteiger partial charge in [0.1, 0.15) is 6.04 Å². The van der Waals surface area contributed by atoms with Gasteiger partial charge in [-0.25, -0.2) is 4.79 Å². The first-order chi connectivity index (χ1) is 14.9. The lowest BCUT2D eigenvalue weighted by molar-refractivity contribution is -0.136. The highest BCUT2D eigenvalue weighted by atomic mass is 16.2. The second-order valence-electron chi connectivity index (χ2n) is 7.92. The Morgan fingerprint density at radius 2 is 1.81 bits per heavy atom. The fourth-order valence-corrected chi connectivity index (χ4v) is 3.96. The van der Waals surface area contributed by atoms with Gasteiger partial charge >= 0.3 is 6.03 Å². The van der Waals surface area contributed by atoms with Crippen LogP contribution in [0.1, 0.15) is 45.5 Å². The van der Waals surface area contributed by atoms with Crippen LogP contribution in [-0.4, -0.2) is 34.7 Å². The molecular formula is C23H24N4O4. The van der Waals surface area contributed by atoms with Gasteiger partial charge in [0.25, 0.3) is 5.91 Å². The van der Waals surface area contributed by atoms with Gasteiger partial charge in [0, 0.05) is 31.6 Å². The van der Waals surface area contributed by atoms with Crippen LogP contribution in [0.5, 0.6) is 0 Å². The molecule has 1 saturated heterocycles. The Labute approximate surface area is 180 Å². The molecule has 8 nitrogen and oxygen atoms in total. The molecule has 0 aromatic heterocycles. The lowest BCUT2D eigenvalue weighted by Crippen LogP contribution is -2.52. The normalized spacial score (nSPS) is 17.9. The minimum Gasteiger partial charge on any atom is -0.334 e. The van der Waals surface area contributed by atoms with Crippen molar-refractivity contribution in [2.24, 2.45) is 0 Å². The summed E-state index contributed by atoms with van der Waals surface area (Å²) in [6.45, 7) is 3.04. The number of urea groups is 1. The Morgan fingerprint density at radius 1 is 1.06 bits per heavy atom. The third-order valence-electron chi connectivity index (χ3n) is 5.58. The lowest BCUT2D eigenvalue weighted by atomic mass is 10.0. The van der Waals surface area contributed by atoms with Crippen molar-refractivity contribution in [1.82, 2.24) is 20.9 Å². The predicted octanol–water partition coefficient (Wildman–Crippen LogP) is 1.76. The Hall–Kier alpha value is -3.68. The fraction of sp³-hybridized carbons (Fsp3) is 0.304. The van der Waals surface area contributed by atoms with Crippen LogP contribution in [0, 0.1) is 6.92 Å². The van der Waals surface area contributed by atoms with Gasteiger partial charge in [0.05, 0.1) is 0 Å². The lowest BCUT2D eigenvalue weighted by Gasteiger charge is -2.29. The molecule has 0 saturated carbocycles. The van der Waals surface area contributed by atoms with Crippen molar-refractivity contribution in [1.29, 1.82) is 0 Å². The van der Waals surface area contributed by atoms with Crippen molar-refractivity contribution in [2.45, 2.75) is 45.4 Å². The molecule has 0 spiro atoms. The van der Waals surface area contributed by atoms with E-state index in [0.29, 0.717) is 25.1 Å². The Morgan fingerprint density at radius 3 is 2.52 bits per heavy atom. The molecule has 2 heterocycles. The summed E-state index contributed by atoms with van der Waals surface area (Å²) >= 11 is 0. The zero-order chi connectivity index (χ0) is 22.0. The number of piperidine rings is 1. The molecule has 0 radical (unpaired) electrons. The van der Waals surface area contributed by atoms with Gasteiger partial charge in [-0.1, -0.05) is 42.0 Å². The molecule has 160 valence electrons. The van der Waals surface area contributed by atoms with Crippen LogP contribution in [0.4, 0.5) is 4.79 Å². The monoisotopic (exact) mass is 420 g/mol. The summed E-state index contributed by atoms with van der Waals surface area (Å²) < 4.78 is 0. The summed E-state index contributed by atoms with van der Waals surface area (Å²) in [5, 5.41) is 7.92. The fourth-order valence-electron chi connectivity index (χ4n) is 3.96. The number of nitrogens with one attached hydrogen (secondary N) is 3. The van der Waals surface area contributed by atoms with E-state index in [9.17, 15) is 19.2 Å². The van der Waals surface area contributed by atoms with Gasteiger partial charge in [-0.05, 0) is 36.1 Å². The van der Waals surface area contributed by atoms with Gasteiger partial charge in [-0.2, -0.15) is 0 Å². The number of nitrogens with zero attached hydrogens (tertiary/aromatic N) is 1. The Kier molecular flexibility index (Phi) is 5.70. The number of benzene rings is 2. The molecule has 0 aliphatic carbocycles. The summed E-state index contributed by atoms with van der Waals surface area (Å²) in [5.41, 5.74) is 4.31. The molecular weight excluding hydrogens is 396 g/mol. The number of rotatable bonds is 5. The molecule has 1 unspecified atom stereocenters. The van der Waals surface area contributed by atoms with Crippen LogP contribution in [0.2, 0.25) is 0 Å². The number of hydrogen-bond donors (Lipinski definition) is 3. The maximum absolute atomic E-state index is 12.9. The summed E-state index contributed by atoms with van der Waals surface area (Å²) in [6, 6.07) is 12.5. The molecule has 1 atom stereocenters. The maximum Gasteiger partial charge on any atom is 0.315 e. The van der Waals surface area contributed by atoms with Gasteiger partial charge in [0.2, 0.25) is 11.8 Å². The van der Waals surface area contributed by atoms with Gasteiger partial charge in [-0.15, -0.1) is 0 Å². The number of carbonyl (C=O) groups is 4. The first-order valence-electron chi connectivity index (χ1n) is 10.2. The molecule has 31 heavy (non-hydrogen) atoms. The average Bonchev–Trinajstić information content (AvgIpc) is 3.06. The van der Waals surface area contributed by atoms with E-state index in [-0.39, 0.29) is 30.8 Å². The molecule has 2 aromatic rings. The van der Waals surface area contributed by atoms with Crippen LogP contribution in [0.15, 0.2) is 42.5 Å². The summed E-state index contributed by atoms with van der Waals surface area (Å²) in [5.74, 6) is -0.959. The standard InChI is InChI=1S/C23H24N4O4/c1-14-3-2-4-15(9-14)11-24-23(31)25-12-16-5-6-17-13-27(22(30)18(17)10-16)19-7-8-20(28)26-21(19)29/h2-6,9-10,19H,7-8,11-13H2,1H3,(H2,24,25,31)(H,26,28,29). The highest BCUT2D eigenvalue weighted by molar-refractivity contribution is 6.05. The average molecular weight is 420 g/mol. The number of amides is 5. The van der Waals surface area contributed by atoms with Crippen molar-refractivity contribution in [3.8, 4) is 0 Å². The van der Waals surface area contributed by atoms with Crippen molar-refractivity contribution >= 4 is 23.8 Å². The molecule has 2 aliphatic heterocycles. The molecule has 2 aromatic carbocycles. The Bertz CT molecular complexity index is 1070. The summed E-state index contributed by atoms with van der Waals surface area (Å²) in [6.07, 6.45) is 0.559. The number of aryl methyl sites for hydroxylation is 1. The second kappa shape index (κ2) is 8.59. The highest BCUT2D eigenvalue weighted by Gasteiger charge is 2.39. The molecule has 0 bridgehead atoms. The maximum atomic E-state index is 12.9. The van der Waals surface area contributed by atoms with Crippen molar-refractivity contribution < 1.29 is 19.2 Å². The van der Waals surface area contributed by atoms with Gasteiger partial charge in [-0.3, -0.25) is 19.7 Å². The quantitative estimate of drug-likeness (QED) is 0.641. The van der Waals surface area contributed by atoms with E-state index >= 15 is 0 Å². The molecule has 2 aliphatic rings. The first-order valence-corrected chi connectivity index (χ1v) is 10.2. The summed E-state index contributed by atoms with van der Waals surface area (Å²) in [4.78, 5) is 50.0. The molecule has 3 N–H and O–H groups in total. The molecule has 4 rings (SSSR count). The third kappa shape index (κ3) is 4.58. The first kappa shape index (κ1) is 20.6. The van der Waals surface area contributed by atoms with Crippen LogP contribution in [0.3, 0.4) is 0 Å². The minimum absolute atomic E-state index is 0.226. The number of imide groups is 1. The number of carbonyl (C=O) groups excluding carboxylic acids is 4. The number of fused-ring (bicyclic) bond motifs is 1. The number of hydrogen-bond acceptors (Lipinski definition) is 4. The second-order valence-corrected chi connectivity index (χ2v) is 7.92. The van der Waals surface area contributed by atoms with E-state index in [0.717, 1.165) is 22.3 Å². The predicted molar refractivity (Wildman–Crippen MR) is 113 cm³/mol. The van der Waals surface area contributed by atoms with E-state index in [1.165, 1.54) is 4.90 Å². The smallest absolute Gasteiger partial charge is 0.315 e. The molecule has 1 fully saturated rings. The van der Waals surface area contributed by atoms with Crippen molar-refractivity contribution in [2.75, 3.05) is 0 Å². The van der Waals surface area contributed by atoms with Crippen LogP contribution in [0.25, 0.3) is 0 Å². The van der Waals surface area contributed by atoms with Crippen molar-refractivity contribution in [3.63, 3.8) is 0 Å². The topological polar surface area (TPSA) is 108 Å². The van der Waals surface area contributed by atoms with E-state index in [2.05, 4.69) is 16.0 Å². The van der Waals surface area contributed by atoms with Crippen LogP contribution < -0.4 is 16.0 Å². The van der Waals surface area contributed by atoms with E-state index in [4.69, 9.17) is 0 Å². The SMILES string of the molecule is Cc1cccc(CNC(=O)NCc2ccc3c(c2)C(=O)N(C2CCC(=O)NC2=O)C3)c1. The molecule has 5 amide bonds. The highest BCUT2D eigenvalue weighted by Crippen LogP contribution is 2.28. The zero-order valence-electron chi connectivity index (χ0n) is 17.2. The van der Waals surface area contributed by atoms with E-state index in [1.807, 2.05) is 43.3 Å². The third-order valence-corrected chi connectivity index (χ3v) is 5.58. The Balaban J connectivity index is 1.34. The minimum atomic E-state index is -0.633. The van der Waals surface area contributed by atoms with E-state index in [1.54, 1.807) is 6.07 Å². The zero-order valence-corrected chi connectivity index (χ0v) is 17.2. The van der Waals surface area contributed by atoms with E-state index < -0.39 is 11.9 Å². The van der Waals surface area contributed by atoms with Gasteiger partial charge < -0.3 is 15.5 Å². The van der Waals surface area contributed by atoms with Crippen molar-refractivity contribution in [3.05, 3.63) is 70.3 Å². The van der Waals surface area contributed by atoms with Gasteiger partial charge in [0.15, 0.2) is 0 Å².